The summed E-state index contributed by atoms with van der Waals surface area (Å²) in [7, 11) is 0. The number of nitrogens with zero attached hydrogens (tertiary/aromatic N) is 3. The van der Waals surface area contributed by atoms with Crippen molar-refractivity contribution >= 4 is 32.7 Å². The van der Waals surface area contributed by atoms with Crippen molar-refractivity contribution in [3.8, 4) is 0 Å². The van der Waals surface area contributed by atoms with E-state index in [1.165, 1.54) is 11.3 Å². The summed E-state index contributed by atoms with van der Waals surface area (Å²) in [5, 5.41) is 9.66. The maximum Gasteiger partial charge on any atom is 0.321 e. The van der Waals surface area contributed by atoms with Gasteiger partial charge in [0.1, 0.15) is 6.04 Å². The predicted octanol–water partition coefficient (Wildman–Crippen LogP) is 2.87. The minimum atomic E-state index is -0.374. The lowest BCUT2D eigenvalue weighted by Gasteiger charge is -2.09. The third-order valence-corrected chi connectivity index (χ3v) is 3.73. The predicted molar refractivity (Wildman–Crippen MR) is 79.2 cm³/mol. The summed E-state index contributed by atoms with van der Waals surface area (Å²) in [5.41, 5.74) is 0.860. The Labute approximate surface area is 124 Å². The van der Waals surface area contributed by atoms with Crippen LogP contribution >= 0.6 is 11.3 Å². The highest BCUT2D eigenvalue weighted by Gasteiger charge is 2.16. The number of para-hydroxylation sites is 1. The summed E-state index contributed by atoms with van der Waals surface area (Å²) >= 11 is 1.42. The number of rotatable bonds is 3. The van der Waals surface area contributed by atoms with Crippen molar-refractivity contribution < 1.29 is 9.32 Å². The van der Waals surface area contributed by atoms with Gasteiger partial charge < -0.3 is 9.84 Å². The Morgan fingerprint density at radius 1 is 1.33 bits per heavy atom. The monoisotopic (exact) mass is 303 g/mol. The Morgan fingerprint density at radius 2 is 2.14 bits per heavy atom. The lowest BCUT2D eigenvalue weighted by Crippen LogP contribution is -2.31. The Morgan fingerprint density at radius 3 is 2.86 bits per heavy atom. The molecule has 2 amide bonds. The van der Waals surface area contributed by atoms with E-state index in [0.717, 1.165) is 10.2 Å². The van der Waals surface area contributed by atoms with Crippen LogP contribution in [-0.2, 0) is 0 Å². The summed E-state index contributed by atoms with van der Waals surface area (Å²) in [6.07, 6.45) is 0. The number of carbonyl (C=O) groups is 1. The van der Waals surface area contributed by atoms with E-state index in [1.807, 2.05) is 24.3 Å². The molecule has 1 atom stereocenters. The van der Waals surface area contributed by atoms with E-state index in [2.05, 4.69) is 25.8 Å². The highest BCUT2D eigenvalue weighted by Crippen LogP contribution is 2.25. The summed E-state index contributed by atoms with van der Waals surface area (Å²) in [5.74, 6) is 0.900. The number of hydrogen-bond donors (Lipinski definition) is 2. The van der Waals surface area contributed by atoms with Crippen molar-refractivity contribution in [2.75, 3.05) is 5.32 Å². The maximum absolute atomic E-state index is 11.9. The average molecular weight is 303 g/mol. The second-order valence-corrected chi connectivity index (χ2v) is 5.52. The van der Waals surface area contributed by atoms with Crippen molar-refractivity contribution in [3.05, 3.63) is 36.0 Å². The third kappa shape index (κ3) is 3.00. The normalized spacial score (nSPS) is 12.3. The van der Waals surface area contributed by atoms with Crippen LogP contribution in [0.1, 0.15) is 24.7 Å². The van der Waals surface area contributed by atoms with E-state index in [0.29, 0.717) is 16.8 Å². The fraction of sp³-hybridized carbons (Fsp3) is 0.231. The molecule has 0 saturated carbocycles. The molecule has 0 fully saturated rings. The molecule has 7 nitrogen and oxygen atoms in total. The van der Waals surface area contributed by atoms with Gasteiger partial charge in [-0.3, -0.25) is 5.32 Å². The number of hydrogen-bond acceptors (Lipinski definition) is 6. The lowest BCUT2D eigenvalue weighted by molar-refractivity contribution is 0.245. The number of carbonyl (C=O) groups excluding carboxylic acids is 1. The zero-order chi connectivity index (χ0) is 14.8. The lowest BCUT2D eigenvalue weighted by atomic mass is 10.3. The van der Waals surface area contributed by atoms with E-state index in [1.54, 1.807) is 13.8 Å². The second kappa shape index (κ2) is 5.49. The molecule has 0 aliphatic heterocycles. The van der Waals surface area contributed by atoms with Gasteiger partial charge in [-0.15, -0.1) is 0 Å². The summed E-state index contributed by atoms with van der Waals surface area (Å²) in [6.45, 7) is 3.49. The molecule has 2 N–H and O–H groups in total. The number of thiazole rings is 1. The van der Waals surface area contributed by atoms with Gasteiger partial charge in [0.25, 0.3) is 0 Å². The fourth-order valence-electron chi connectivity index (χ4n) is 1.81. The van der Waals surface area contributed by atoms with Crippen LogP contribution in [0.3, 0.4) is 0 Å². The number of benzene rings is 1. The Hall–Kier alpha value is -2.48. The van der Waals surface area contributed by atoms with Gasteiger partial charge in [0.05, 0.1) is 10.2 Å². The number of amides is 2. The quantitative estimate of drug-likeness (QED) is 0.776. The van der Waals surface area contributed by atoms with Crippen molar-refractivity contribution in [1.29, 1.82) is 0 Å². The molecule has 0 aliphatic rings. The van der Waals surface area contributed by atoms with Gasteiger partial charge in [0.15, 0.2) is 11.0 Å². The molecule has 108 valence electrons. The second-order valence-electron chi connectivity index (χ2n) is 4.49. The molecule has 2 heterocycles. The number of fused-ring (bicyclic) bond motifs is 1. The van der Waals surface area contributed by atoms with Gasteiger partial charge in [-0.25, -0.2) is 9.78 Å². The first-order valence-corrected chi connectivity index (χ1v) is 7.17. The van der Waals surface area contributed by atoms with Crippen LogP contribution < -0.4 is 10.6 Å². The molecule has 0 radical (unpaired) electrons. The van der Waals surface area contributed by atoms with Gasteiger partial charge in [-0.1, -0.05) is 28.6 Å². The molecular formula is C13H13N5O2S. The van der Waals surface area contributed by atoms with Crippen LogP contribution in [0.15, 0.2) is 28.8 Å². The number of aromatic nitrogens is 3. The van der Waals surface area contributed by atoms with Gasteiger partial charge >= 0.3 is 6.03 Å². The van der Waals surface area contributed by atoms with Crippen molar-refractivity contribution in [2.45, 2.75) is 19.9 Å². The molecule has 21 heavy (non-hydrogen) atoms. The molecule has 0 spiro atoms. The minimum Gasteiger partial charge on any atom is -0.337 e. The first kappa shape index (κ1) is 13.5. The maximum atomic E-state index is 11.9. The van der Waals surface area contributed by atoms with Gasteiger partial charge in [-0.2, -0.15) is 4.98 Å². The Balaban J connectivity index is 1.66. The summed E-state index contributed by atoms with van der Waals surface area (Å²) < 4.78 is 6.03. The van der Waals surface area contributed by atoms with Crippen LogP contribution in [-0.4, -0.2) is 21.2 Å². The summed E-state index contributed by atoms with van der Waals surface area (Å²) in [6, 6.07) is 6.97. The van der Waals surface area contributed by atoms with Crippen molar-refractivity contribution in [2.24, 2.45) is 0 Å². The van der Waals surface area contributed by atoms with E-state index in [9.17, 15) is 4.79 Å². The van der Waals surface area contributed by atoms with Crippen LogP contribution in [0.25, 0.3) is 10.2 Å². The van der Waals surface area contributed by atoms with Crippen LogP contribution in [0.2, 0.25) is 0 Å². The largest absolute Gasteiger partial charge is 0.337 e. The fourth-order valence-corrected chi connectivity index (χ4v) is 2.67. The molecule has 2 aromatic heterocycles. The minimum absolute atomic E-state index is 0.364. The highest BCUT2D eigenvalue weighted by molar-refractivity contribution is 7.22. The SMILES string of the molecule is Cc1noc([C@H](C)NC(=O)Nc2nc3ccccc3s2)n1. The first-order chi connectivity index (χ1) is 10.1. The Bertz CT molecular complexity index is 749. The Kier molecular flexibility index (Phi) is 3.53. The molecule has 1 aromatic carbocycles. The smallest absolute Gasteiger partial charge is 0.321 e. The van der Waals surface area contributed by atoms with E-state index in [-0.39, 0.29) is 12.1 Å². The number of aryl methyl sites for hydroxylation is 1. The number of urea groups is 1. The molecular weight excluding hydrogens is 290 g/mol. The zero-order valence-electron chi connectivity index (χ0n) is 11.5. The average Bonchev–Trinajstić information content (AvgIpc) is 3.03. The first-order valence-electron chi connectivity index (χ1n) is 6.35. The molecule has 0 unspecified atom stereocenters. The molecule has 3 aromatic rings. The van der Waals surface area contributed by atoms with Gasteiger partial charge in [0, 0.05) is 0 Å². The van der Waals surface area contributed by atoms with Crippen LogP contribution in [0, 0.1) is 6.92 Å². The van der Waals surface area contributed by atoms with Gasteiger partial charge in [-0.05, 0) is 26.0 Å². The molecule has 0 aliphatic carbocycles. The van der Waals surface area contributed by atoms with Crippen LogP contribution in [0.4, 0.5) is 9.93 Å². The topological polar surface area (TPSA) is 92.9 Å². The van der Waals surface area contributed by atoms with E-state index < -0.39 is 0 Å². The van der Waals surface area contributed by atoms with E-state index >= 15 is 0 Å². The zero-order valence-corrected chi connectivity index (χ0v) is 12.3. The molecule has 0 saturated heterocycles. The van der Waals surface area contributed by atoms with Crippen LogP contribution in [0.5, 0.6) is 0 Å². The van der Waals surface area contributed by atoms with Crippen molar-refractivity contribution in [1.82, 2.24) is 20.4 Å². The van der Waals surface area contributed by atoms with Crippen molar-refractivity contribution in [3.63, 3.8) is 0 Å². The number of nitrogens with one attached hydrogen (secondary N) is 2. The molecule has 0 bridgehead atoms. The standard InChI is InChI=1S/C13H13N5O2S/c1-7(11-15-8(2)18-20-11)14-12(19)17-13-16-9-5-3-4-6-10(9)21-13/h3-7H,1-2H3,(H2,14,16,17,19)/t7-/m0/s1. The third-order valence-electron chi connectivity index (χ3n) is 2.78. The van der Waals surface area contributed by atoms with E-state index in [4.69, 9.17) is 4.52 Å². The molecule has 8 heteroatoms. The summed E-state index contributed by atoms with van der Waals surface area (Å²) in [4.78, 5) is 20.3. The number of anilines is 1. The van der Waals surface area contributed by atoms with Gasteiger partial charge in [0.2, 0.25) is 5.89 Å². The highest BCUT2D eigenvalue weighted by atomic mass is 32.1. The molecule has 3 rings (SSSR count).